The van der Waals surface area contributed by atoms with Crippen molar-refractivity contribution in [2.75, 3.05) is 0 Å². The summed E-state index contributed by atoms with van der Waals surface area (Å²) in [6.07, 6.45) is 1.20. The van der Waals surface area contributed by atoms with Gasteiger partial charge in [-0.25, -0.2) is 0 Å². The summed E-state index contributed by atoms with van der Waals surface area (Å²) in [5, 5.41) is 0. The second-order valence-corrected chi connectivity index (χ2v) is 8.04. The van der Waals surface area contributed by atoms with Crippen molar-refractivity contribution in [3.05, 3.63) is 57.3 Å². The smallest absolute Gasteiger partial charge is 0.0477 e. The summed E-state index contributed by atoms with van der Waals surface area (Å²) in [4.78, 5) is 3.23. The summed E-state index contributed by atoms with van der Waals surface area (Å²) in [7, 11) is 0. The van der Waals surface area contributed by atoms with Gasteiger partial charge in [-0.15, -0.1) is 11.3 Å². The van der Waals surface area contributed by atoms with Crippen molar-refractivity contribution in [2.24, 2.45) is 5.92 Å². The van der Waals surface area contributed by atoms with Crippen LogP contribution in [-0.2, 0) is 0 Å². The molecule has 3 unspecified atom stereocenters. The number of aryl methyl sites for hydroxylation is 2. The van der Waals surface area contributed by atoms with Gasteiger partial charge >= 0.3 is 0 Å². The van der Waals surface area contributed by atoms with Gasteiger partial charge in [0, 0.05) is 20.5 Å². The predicted octanol–water partition coefficient (Wildman–Crippen LogP) is 6.63. The minimum absolute atomic E-state index is 0.393. The van der Waals surface area contributed by atoms with Gasteiger partial charge in [0.1, 0.15) is 0 Å². The number of hydrogen-bond acceptors (Lipinski definition) is 1. The third kappa shape index (κ3) is 3.35. The van der Waals surface area contributed by atoms with Crippen molar-refractivity contribution in [2.45, 2.75) is 44.9 Å². The summed E-state index contributed by atoms with van der Waals surface area (Å²) in [5.41, 5.74) is 2.90. The quantitative estimate of drug-likeness (QED) is 0.530. The molecule has 0 aliphatic rings. The maximum atomic E-state index is 4.00. The van der Waals surface area contributed by atoms with Gasteiger partial charge in [0.15, 0.2) is 0 Å². The zero-order valence-electron chi connectivity index (χ0n) is 12.7. The van der Waals surface area contributed by atoms with Gasteiger partial charge in [0.25, 0.3) is 0 Å². The van der Waals surface area contributed by atoms with Crippen LogP contribution in [0.15, 0.2) is 36.4 Å². The van der Waals surface area contributed by atoms with Crippen molar-refractivity contribution in [1.82, 2.24) is 0 Å². The molecule has 108 valence electrons. The summed E-state index contributed by atoms with van der Waals surface area (Å²) in [6, 6.07) is 13.3. The van der Waals surface area contributed by atoms with E-state index < -0.39 is 0 Å². The zero-order chi connectivity index (χ0) is 14.7. The van der Waals surface area contributed by atoms with Crippen molar-refractivity contribution in [3.8, 4) is 0 Å². The van der Waals surface area contributed by atoms with E-state index in [1.807, 2.05) is 11.3 Å². The first kappa shape index (κ1) is 15.8. The van der Waals surface area contributed by atoms with Crippen LogP contribution in [-0.4, -0.2) is 0 Å². The first-order valence-corrected chi connectivity index (χ1v) is 9.03. The number of halogens is 1. The van der Waals surface area contributed by atoms with E-state index in [2.05, 4.69) is 80.0 Å². The fraction of sp³-hybridized carbons (Fsp3) is 0.444. The Hall–Kier alpha value is -0.600. The molecule has 1 aromatic carbocycles. The van der Waals surface area contributed by atoms with E-state index in [4.69, 9.17) is 0 Å². The fourth-order valence-electron chi connectivity index (χ4n) is 2.83. The number of alkyl halides is 1. The first-order chi connectivity index (χ1) is 9.54. The Kier molecular flexibility index (Phi) is 5.45. The lowest BCUT2D eigenvalue weighted by Gasteiger charge is -2.28. The third-order valence-corrected chi connectivity index (χ3v) is 6.18. The van der Waals surface area contributed by atoms with Crippen LogP contribution in [0.25, 0.3) is 0 Å². The van der Waals surface area contributed by atoms with Gasteiger partial charge in [-0.05, 0) is 37.0 Å². The highest BCUT2D eigenvalue weighted by molar-refractivity contribution is 9.09. The number of rotatable bonds is 5. The van der Waals surface area contributed by atoms with Crippen molar-refractivity contribution in [1.29, 1.82) is 0 Å². The number of benzene rings is 1. The molecule has 0 nitrogen and oxygen atoms in total. The molecule has 0 bridgehead atoms. The van der Waals surface area contributed by atoms with Crippen LogP contribution in [0.1, 0.15) is 51.9 Å². The minimum atomic E-state index is 0.393. The molecule has 0 radical (unpaired) electrons. The van der Waals surface area contributed by atoms with Gasteiger partial charge in [-0.1, -0.05) is 66.5 Å². The van der Waals surface area contributed by atoms with Crippen LogP contribution in [0.5, 0.6) is 0 Å². The maximum Gasteiger partial charge on any atom is 0.0477 e. The highest BCUT2D eigenvalue weighted by Gasteiger charge is 2.28. The Balaban J connectivity index is 2.39. The van der Waals surface area contributed by atoms with E-state index in [1.54, 1.807) is 0 Å². The molecule has 20 heavy (non-hydrogen) atoms. The lowest BCUT2D eigenvalue weighted by atomic mass is 9.81. The predicted molar refractivity (Wildman–Crippen MR) is 94.1 cm³/mol. The number of thiophene rings is 1. The molecule has 2 heteroatoms. The molecule has 0 spiro atoms. The molecular weight excluding hydrogens is 328 g/mol. The molecule has 0 saturated heterocycles. The molecule has 2 rings (SSSR count). The van der Waals surface area contributed by atoms with Gasteiger partial charge < -0.3 is 0 Å². The molecule has 1 aromatic heterocycles. The standard InChI is InChI=1S/C18H23BrS/c1-5-12(2)17(15-9-7-6-8-10-15)18(19)16-11-13(3)20-14(16)4/h6-12,17-18H,5H2,1-4H3. The molecule has 0 aliphatic heterocycles. The molecule has 1 heterocycles. The molecular formula is C18H23BrS. The second kappa shape index (κ2) is 6.91. The summed E-state index contributed by atoms with van der Waals surface area (Å²) < 4.78 is 0. The van der Waals surface area contributed by atoms with Gasteiger partial charge in [-0.2, -0.15) is 0 Å². The minimum Gasteiger partial charge on any atom is -0.146 e. The molecule has 3 atom stereocenters. The molecule has 0 amide bonds. The Bertz CT molecular complexity index is 544. The first-order valence-electron chi connectivity index (χ1n) is 7.30. The fourth-order valence-corrected chi connectivity index (χ4v) is 5.26. The monoisotopic (exact) mass is 350 g/mol. The lowest BCUT2D eigenvalue weighted by molar-refractivity contribution is 0.440. The van der Waals surface area contributed by atoms with Gasteiger partial charge in [-0.3, -0.25) is 0 Å². The highest BCUT2D eigenvalue weighted by atomic mass is 79.9. The van der Waals surface area contributed by atoms with Gasteiger partial charge in [0.2, 0.25) is 0 Å². The Morgan fingerprint density at radius 1 is 1.15 bits per heavy atom. The Morgan fingerprint density at radius 3 is 2.30 bits per heavy atom. The van der Waals surface area contributed by atoms with Crippen LogP contribution in [0.4, 0.5) is 0 Å². The Morgan fingerprint density at radius 2 is 1.80 bits per heavy atom. The van der Waals surface area contributed by atoms with Crippen LogP contribution in [0, 0.1) is 19.8 Å². The van der Waals surface area contributed by atoms with Crippen LogP contribution in [0.2, 0.25) is 0 Å². The summed E-state index contributed by atoms with van der Waals surface area (Å²) in [6.45, 7) is 9.08. The van der Waals surface area contributed by atoms with E-state index in [0.29, 0.717) is 16.7 Å². The maximum absolute atomic E-state index is 4.00. The molecule has 0 aliphatic carbocycles. The van der Waals surface area contributed by atoms with Crippen molar-refractivity contribution < 1.29 is 0 Å². The van der Waals surface area contributed by atoms with Crippen molar-refractivity contribution >= 4 is 27.3 Å². The number of hydrogen-bond donors (Lipinski definition) is 0. The van der Waals surface area contributed by atoms with E-state index in [0.717, 1.165) is 0 Å². The third-order valence-electron chi connectivity index (χ3n) is 4.13. The summed E-state index contributed by atoms with van der Waals surface area (Å²) in [5.74, 6) is 1.18. The van der Waals surface area contributed by atoms with Crippen LogP contribution < -0.4 is 0 Å². The molecule has 0 N–H and O–H groups in total. The van der Waals surface area contributed by atoms with E-state index in [1.165, 1.54) is 27.3 Å². The molecule has 0 fully saturated rings. The summed E-state index contributed by atoms with van der Waals surface area (Å²) >= 11 is 5.90. The van der Waals surface area contributed by atoms with E-state index >= 15 is 0 Å². The second-order valence-electron chi connectivity index (χ2n) is 5.59. The largest absolute Gasteiger partial charge is 0.146 e. The highest BCUT2D eigenvalue weighted by Crippen LogP contribution is 2.46. The molecule has 2 aromatic rings. The van der Waals surface area contributed by atoms with E-state index in [9.17, 15) is 0 Å². The Labute approximate surface area is 135 Å². The van der Waals surface area contributed by atoms with Crippen LogP contribution in [0.3, 0.4) is 0 Å². The molecule has 0 saturated carbocycles. The van der Waals surface area contributed by atoms with Crippen LogP contribution >= 0.6 is 27.3 Å². The van der Waals surface area contributed by atoms with E-state index in [-0.39, 0.29) is 0 Å². The normalized spacial score (nSPS) is 15.8. The zero-order valence-corrected chi connectivity index (χ0v) is 15.1. The lowest BCUT2D eigenvalue weighted by Crippen LogP contribution is -2.14. The topological polar surface area (TPSA) is 0 Å². The average Bonchev–Trinajstić information content (AvgIpc) is 2.79. The van der Waals surface area contributed by atoms with Gasteiger partial charge in [0.05, 0.1) is 0 Å². The average molecular weight is 351 g/mol. The SMILES string of the molecule is CCC(C)C(c1ccccc1)C(Br)c1cc(C)sc1C. The van der Waals surface area contributed by atoms with Crippen molar-refractivity contribution in [3.63, 3.8) is 0 Å².